The molecule has 40 heavy (non-hydrogen) atoms. The summed E-state index contributed by atoms with van der Waals surface area (Å²) in [6.07, 6.45) is 8.83. The molecule has 1 saturated carbocycles. The summed E-state index contributed by atoms with van der Waals surface area (Å²) in [5, 5.41) is 0. The molecule has 7 heteroatoms. The third kappa shape index (κ3) is 6.45. The van der Waals surface area contributed by atoms with Crippen LogP contribution in [0.1, 0.15) is 111 Å². The van der Waals surface area contributed by atoms with Crippen LogP contribution in [0.5, 0.6) is 0 Å². The van der Waals surface area contributed by atoms with Crippen molar-refractivity contribution in [3.8, 4) is 0 Å². The van der Waals surface area contributed by atoms with Gasteiger partial charge in [-0.15, -0.1) is 0 Å². The number of nitrogens with two attached hydrogens (primary N) is 2. The van der Waals surface area contributed by atoms with E-state index in [4.69, 9.17) is 11.5 Å². The molecule has 1 amide bonds. The second-order valence-corrected chi connectivity index (χ2v) is 14.5. The zero-order chi connectivity index (χ0) is 29.4. The number of nitrogens with zero attached hydrogens (tertiary/aromatic N) is 3. The molecule has 0 saturated heterocycles. The van der Waals surface area contributed by atoms with Crippen LogP contribution in [0.2, 0.25) is 0 Å². The van der Waals surface area contributed by atoms with Crippen LogP contribution in [0.3, 0.4) is 0 Å². The van der Waals surface area contributed by atoms with Crippen LogP contribution in [0.15, 0.2) is 27.8 Å². The average Bonchev–Trinajstić information content (AvgIpc) is 3.19. The van der Waals surface area contributed by atoms with E-state index < -0.39 is 0 Å². The monoisotopic (exact) mass is 611 g/mol. The van der Waals surface area contributed by atoms with Crippen LogP contribution >= 0.6 is 15.9 Å². The standard InChI is InChI=1S/C33H50BrN5O/c1-8-38-18-22(3)28(34)29(38)30(40)39(19-24-11-9-23(10-12-24)17-37-31(35)36)20-25-16-27-26(15-21(25)2)32(4,5)13-14-33(27,6)7/h15-16,18,23-24H,8-14,17,19-20H2,1-7H3,(H4,35,36,37). The van der Waals surface area contributed by atoms with Crippen molar-refractivity contribution in [3.63, 3.8) is 0 Å². The number of hydrogen-bond donors (Lipinski definition) is 2. The molecule has 0 unspecified atom stereocenters. The first-order chi connectivity index (χ1) is 18.7. The van der Waals surface area contributed by atoms with Crippen molar-refractivity contribution < 1.29 is 4.79 Å². The largest absolute Gasteiger partial charge is 0.370 e. The van der Waals surface area contributed by atoms with Gasteiger partial charge < -0.3 is 20.9 Å². The van der Waals surface area contributed by atoms with Crippen molar-refractivity contribution in [2.75, 3.05) is 13.1 Å². The number of guanidine groups is 1. The van der Waals surface area contributed by atoms with Gasteiger partial charge in [0.15, 0.2) is 5.96 Å². The lowest BCUT2D eigenvalue weighted by molar-refractivity contribution is 0.0679. The minimum atomic E-state index is 0.112. The van der Waals surface area contributed by atoms with Gasteiger partial charge in [-0.3, -0.25) is 9.79 Å². The van der Waals surface area contributed by atoms with Gasteiger partial charge in [-0.2, -0.15) is 0 Å². The molecule has 0 spiro atoms. The smallest absolute Gasteiger partial charge is 0.271 e. The van der Waals surface area contributed by atoms with Crippen LogP contribution in [-0.2, 0) is 23.9 Å². The predicted octanol–water partition coefficient (Wildman–Crippen LogP) is 6.96. The third-order valence-corrected chi connectivity index (χ3v) is 10.7. The number of aliphatic imine (C=N–C) groups is 1. The molecule has 2 aliphatic rings. The molecule has 6 nitrogen and oxygen atoms in total. The quantitative estimate of drug-likeness (QED) is 0.250. The molecule has 2 aromatic rings. The molecule has 4 rings (SSSR count). The van der Waals surface area contributed by atoms with E-state index in [1.165, 1.54) is 35.1 Å². The van der Waals surface area contributed by atoms with E-state index >= 15 is 0 Å². The molecule has 1 fully saturated rings. The first kappa shape index (κ1) is 30.7. The minimum absolute atomic E-state index is 0.112. The molecule has 0 radical (unpaired) electrons. The number of rotatable bonds is 8. The van der Waals surface area contributed by atoms with Crippen LogP contribution in [0.25, 0.3) is 0 Å². The van der Waals surface area contributed by atoms with Gasteiger partial charge in [0.2, 0.25) is 0 Å². The Morgan fingerprint density at radius 2 is 1.57 bits per heavy atom. The number of amides is 1. The number of hydrogen-bond acceptors (Lipinski definition) is 2. The Morgan fingerprint density at radius 1 is 1.00 bits per heavy atom. The second-order valence-electron chi connectivity index (χ2n) is 13.7. The van der Waals surface area contributed by atoms with E-state index in [0.29, 0.717) is 24.9 Å². The fraction of sp³-hybridized carbons (Fsp3) is 0.636. The van der Waals surface area contributed by atoms with E-state index in [1.54, 1.807) is 0 Å². The Balaban J connectivity index is 1.65. The first-order valence-electron chi connectivity index (χ1n) is 15.1. The molecule has 0 bridgehead atoms. The summed E-state index contributed by atoms with van der Waals surface area (Å²) in [7, 11) is 0. The maximum Gasteiger partial charge on any atom is 0.271 e. The van der Waals surface area contributed by atoms with Gasteiger partial charge in [-0.25, -0.2) is 0 Å². The topological polar surface area (TPSA) is 89.6 Å². The highest BCUT2D eigenvalue weighted by Gasteiger charge is 2.38. The Morgan fingerprint density at radius 3 is 2.15 bits per heavy atom. The summed E-state index contributed by atoms with van der Waals surface area (Å²) in [6, 6.07) is 4.84. The van der Waals surface area contributed by atoms with Gasteiger partial charge in [-0.1, -0.05) is 39.8 Å². The van der Waals surface area contributed by atoms with Crippen molar-refractivity contribution in [1.82, 2.24) is 9.47 Å². The van der Waals surface area contributed by atoms with E-state index in [2.05, 4.69) is 97.2 Å². The third-order valence-electron chi connectivity index (χ3n) is 9.67. The summed E-state index contributed by atoms with van der Waals surface area (Å²) < 4.78 is 3.00. The molecule has 4 N–H and O–H groups in total. The number of benzene rings is 1. The number of aryl methyl sites for hydroxylation is 3. The summed E-state index contributed by atoms with van der Waals surface area (Å²) in [4.78, 5) is 20.7. The van der Waals surface area contributed by atoms with E-state index in [-0.39, 0.29) is 22.7 Å². The van der Waals surface area contributed by atoms with Crippen molar-refractivity contribution in [1.29, 1.82) is 0 Å². The average molecular weight is 613 g/mol. The molecule has 220 valence electrons. The minimum Gasteiger partial charge on any atom is -0.370 e. The van der Waals surface area contributed by atoms with Gasteiger partial charge in [0, 0.05) is 32.4 Å². The van der Waals surface area contributed by atoms with Crippen molar-refractivity contribution in [2.45, 2.75) is 111 Å². The zero-order valence-electron chi connectivity index (χ0n) is 25.7. The number of halogens is 1. The fourth-order valence-electron chi connectivity index (χ4n) is 6.79. The Labute approximate surface area is 250 Å². The van der Waals surface area contributed by atoms with Crippen molar-refractivity contribution >= 4 is 27.8 Å². The Hall–Kier alpha value is -2.28. The first-order valence-corrected chi connectivity index (χ1v) is 15.9. The van der Waals surface area contributed by atoms with Crippen LogP contribution in [0.4, 0.5) is 0 Å². The van der Waals surface area contributed by atoms with Gasteiger partial charge in [0.25, 0.3) is 5.91 Å². The number of carbonyl (C=O) groups is 1. The summed E-state index contributed by atoms with van der Waals surface area (Å²) in [5.74, 6) is 1.27. The molecule has 1 aromatic carbocycles. The zero-order valence-corrected chi connectivity index (χ0v) is 27.3. The SMILES string of the molecule is CCn1cc(C)c(Br)c1C(=O)N(Cc1cc2c(cc1C)C(C)(C)CCC2(C)C)CC1CCC(CN=C(N)N)CC1. The fourth-order valence-corrected chi connectivity index (χ4v) is 7.29. The molecule has 0 aliphatic heterocycles. The van der Waals surface area contributed by atoms with Crippen LogP contribution in [-0.4, -0.2) is 34.4 Å². The highest BCUT2D eigenvalue weighted by atomic mass is 79.9. The summed E-state index contributed by atoms with van der Waals surface area (Å²) >= 11 is 3.75. The number of fused-ring (bicyclic) bond motifs is 1. The van der Waals surface area contributed by atoms with Gasteiger partial charge in [-0.05, 0) is 126 Å². The maximum atomic E-state index is 14.3. The molecule has 1 heterocycles. The van der Waals surface area contributed by atoms with E-state index in [9.17, 15) is 4.79 Å². The summed E-state index contributed by atoms with van der Waals surface area (Å²) in [5.41, 5.74) is 18.8. The Kier molecular flexibility index (Phi) is 9.13. The molecule has 0 atom stereocenters. The van der Waals surface area contributed by atoms with Gasteiger partial charge in [0.05, 0.1) is 4.47 Å². The lowest BCUT2D eigenvalue weighted by Gasteiger charge is -2.42. The lowest BCUT2D eigenvalue weighted by Crippen LogP contribution is -2.38. The van der Waals surface area contributed by atoms with Crippen molar-refractivity contribution in [2.24, 2.45) is 28.3 Å². The van der Waals surface area contributed by atoms with Gasteiger partial charge >= 0.3 is 0 Å². The molecule has 2 aliphatic carbocycles. The molecule has 1 aromatic heterocycles. The number of aromatic nitrogens is 1. The van der Waals surface area contributed by atoms with Gasteiger partial charge in [0.1, 0.15) is 5.69 Å². The summed E-state index contributed by atoms with van der Waals surface area (Å²) in [6.45, 7) is 18.7. The predicted molar refractivity (Wildman–Crippen MR) is 170 cm³/mol. The van der Waals surface area contributed by atoms with E-state index in [0.717, 1.165) is 54.5 Å². The highest BCUT2D eigenvalue weighted by molar-refractivity contribution is 9.10. The van der Waals surface area contributed by atoms with E-state index in [1.807, 2.05) is 0 Å². The molecular formula is C33H50BrN5O. The maximum absolute atomic E-state index is 14.3. The van der Waals surface area contributed by atoms with Crippen LogP contribution in [0, 0.1) is 25.7 Å². The normalized spacial score (nSPS) is 21.5. The second kappa shape index (κ2) is 11.9. The highest BCUT2D eigenvalue weighted by Crippen LogP contribution is 2.46. The Bertz CT molecular complexity index is 1260. The number of carbonyl (C=O) groups excluding carboxylic acids is 1. The molecular weight excluding hydrogens is 562 g/mol. The van der Waals surface area contributed by atoms with Crippen molar-refractivity contribution in [3.05, 3.63) is 56.3 Å². The van der Waals surface area contributed by atoms with Crippen LogP contribution < -0.4 is 11.5 Å². The lowest BCUT2D eigenvalue weighted by atomic mass is 9.62.